The van der Waals surface area contributed by atoms with Crippen molar-refractivity contribution in [3.05, 3.63) is 16.6 Å². The Morgan fingerprint density at radius 3 is 3.00 bits per heavy atom. The largest absolute Gasteiger partial charge is 0.308 e. The summed E-state index contributed by atoms with van der Waals surface area (Å²) in [5.41, 5.74) is 2.29. The molecule has 1 saturated heterocycles. The normalized spacial score (nSPS) is 33.8. The van der Waals surface area contributed by atoms with Crippen molar-refractivity contribution >= 4 is 11.3 Å². The predicted octanol–water partition coefficient (Wildman–Crippen LogP) is 2.50. The van der Waals surface area contributed by atoms with Gasteiger partial charge < -0.3 is 5.32 Å². The van der Waals surface area contributed by atoms with E-state index in [0.29, 0.717) is 11.6 Å². The SMILES string of the molecule is CCC1CNC(C)(C2CC2)CN1Cc1cncs1. The highest BCUT2D eigenvalue weighted by Crippen LogP contribution is 2.41. The van der Waals surface area contributed by atoms with Crippen LogP contribution in [0.3, 0.4) is 0 Å². The topological polar surface area (TPSA) is 28.2 Å². The second-order valence-corrected chi connectivity index (χ2v) is 6.98. The van der Waals surface area contributed by atoms with Gasteiger partial charge in [0.05, 0.1) is 5.51 Å². The summed E-state index contributed by atoms with van der Waals surface area (Å²) in [5, 5.41) is 3.81. The zero-order chi connectivity index (χ0) is 12.6. The molecule has 0 radical (unpaired) electrons. The first-order valence-electron chi connectivity index (χ1n) is 7.07. The van der Waals surface area contributed by atoms with Gasteiger partial charge in [-0.15, -0.1) is 11.3 Å². The summed E-state index contributed by atoms with van der Waals surface area (Å²) < 4.78 is 0. The fraction of sp³-hybridized carbons (Fsp3) is 0.786. The van der Waals surface area contributed by atoms with Crippen LogP contribution in [-0.4, -0.2) is 34.6 Å². The molecule has 100 valence electrons. The molecule has 3 rings (SSSR count). The maximum Gasteiger partial charge on any atom is 0.0794 e. The number of aromatic nitrogens is 1. The fourth-order valence-corrected chi connectivity index (χ4v) is 3.81. The third-order valence-corrected chi connectivity index (χ3v) is 5.35. The molecule has 2 fully saturated rings. The van der Waals surface area contributed by atoms with Crippen molar-refractivity contribution in [1.29, 1.82) is 0 Å². The van der Waals surface area contributed by atoms with Gasteiger partial charge in [-0.05, 0) is 32.1 Å². The van der Waals surface area contributed by atoms with Crippen LogP contribution in [0.5, 0.6) is 0 Å². The van der Waals surface area contributed by atoms with E-state index in [-0.39, 0.29) is 0 Å². The highest BCUT2D eigenvalue weighted by atomic mass is 32.1. The van der Waals surface area contributed by atoms with Gasteiger partial charge in [-0.3, -0.25) is 9.88 Å². The number of nitrogens with one attached hydrogen (secondary N) is 1. The van der Waals surface area contributed by atoms with Crippen molar-refractivity contribution in [2.24, 2.45) is 5.92 Å². The quantitative estimate of drug-likeness (QED) is 0.906. The first-order chi connectivity index (χ1) is 8.71. The van der Waals surface area contributed by atoms with Crippen LogP contribution in [0.15, 0.2) is 11.7 Å². The fourth-order valence-electron chi connectivity index (χ4n) is 3.19. The molecule has 0 spiro atoms. The molecule has 2 atom stereocenters. The van der Waals surface area contributed by atoms with Crippen LogP contribution in [0.1, 0.15) is 38.0 Å². The number of hydrogen-bond acceptors (Lipinski definition) is 4. The minimum Gasteiger partial charge on any atom is -0.308 e. The van der Waals surface area contributed by atoms with Gasteiger partial charge in [-0.25, -0.2) is 0 Å². The van der Waals surface area contributed by atoms with E-state index in [0.717, 1.165) is 19.0 Å². The first kappa shape index (κ1) is 12.6. The molecular formula is C14H23N3S. The molecule has 2 aliphatic rings. The predicted molar refractivity (Wildman–Crippen MR) is 75.7 cm³/mol. The highest BCUT2D eigenvalue weighted by Gasteiger charge is 2.45. The molecule has 1 aromatic rings. The number of hydrogen-bond donors (Lipinski definition) is 1. The molecule has 0 aromatic carbocycles. The lowest BCUT2D eigenvalue weighted by molar-refractivity contribution is 0.0674. The average molecular weight is 265 g/mol. The molecule has 1 N–H and O–H groups in total. The zero-order valence-corrected chi connectivity index (χ0v) is 12.2. The van der Waals surface area contributed by atoms with Gasteiger partial charge in [0.1, 0.15) is 0 Å². The molecule has 1 aliphatic heterocycles. The first-order valence-corrected chi connectivity index (χ1v) is 7.95. The lowest BCUT2D eigenvalue weighted by Crippen LogP contribution is -2.63. The summed E-state index contributed by atoms with van der Waals surface area (Å²) in [6.07, 6.45) is 6.07. The molecule has 1 aliphatic carbocycles. The van der Waals surface area contributed by atoms with Crippen molar-refractivity contribution in [3.8, 4) is 0 Å². The van der Waals surface area contributed by atoms with Gasteiger partial charge in [0, 0.05) is 42.3 Å². The second-order valence-electron chi connectivity index (χ2n) is 6.01. The summed E-state index contributed by atoms with van der Waals surface area (Å²) in [4.78, 5) is 8.26. The zero-order valence-electron chi connectivity index (χ0n) is 11.4. The van der Waals surface area contributed by atoms with E-state index in [4.69, 9.17) is 0 Å². The smallest absolute Gasteiger partial charge is 0.0794 e. The number of thiazole rings is 1. The Labute approximate surface area is 114 Å². The van der Waals surface area contributed by atoms with Crippen LogP contribution in [-0.2, 0) is 6.54 Å². The molecule has 18 heavy (non-hydrogen) atoms. The van der Waals surface area contributed by atoms with E-state index >= 15 is 0 Å². The highest BCUT2D eigenvalue weighted by molar-refractivity contribution is 7.09. The molecule has 2 heterocycles. The van der Waals surface area contributed by atoms with Crippen molar-refractivity contribution in [3.63, 3.8) is 0 Å². The lowest BCUT2D eigenvalue weighted by atomic mass is 9.90. The Morgan fingerprint density at radius 2 is 2.39 bits per heavy atom. The summed E-state index contributed by atoms with van der Waals surface area (Å²) in [6, 6.07) is 0.680. The molecule has 0 amide bonds. The minimum atomic E-state index is 0.344. The van der Waals surface area contributed by atoms with Crippen LogP contribution >= 0.6 is 11.3 Å². The summed E-state index contributed by atoms with van der Waals surface area (Å²) in [7, 11) is 0. The monoisotopic (exact) mass is 265 g/mol. The third-order valence-electron chi connectivity index (χ3n) is 4.58. The van der Waals surface area contributed by atoms with Crippen molar-refractivity contribution in [1.82, 2.24) is 15.2 Å². The summed E-state index contributed by atoms with van der Waals surface area (Å²) >= 11 is 1.78. The van der Waals surface area contributed by atoms with Gasteiger partial charge in [-0.2, -0.15) is 0 Å². The van der Waals surface area contributed by atoms with Gasteiger partial charge in [0.2, 0.25) is 0 Å². The van der Waals surface area contributed by atoms with E-state index in [1.807, 2.05) is 11.7 Å². The molecule has 2 unspecified atom stereocenters. The van der Waals surface area contributed by atoms with Crippen LogP contribution in [0, 0.1) is 5.92 Å². The van der Waals surface area contributed by atoms with Crippen LogP contribution in [0.2, 0.25) is 0 Å². The van der Waals surface area contributed by atoms with Gasteiger partial charge in [0.25, 0.3) is 0 Å². The van der Waals surface area contributed by atoms with Crippen molar-refractivity contribution < 1.29 is 0 Å². The van der Waals surface area contributed by atoms with Crippen molar-refractivity contribution in [2.45, 2.75) is 51.2 Å². The van der Waals surface area contributed by atoms with Gasteiger partial charge in [0.15, 0.2) is 0 Å². The Hall–Kier alpha value is -0.450. The van der Waals surface area contributed by atoms with E-state index in [9.17, 15) is 0 Å². The molecule has 3 nitrogen and oxygen atoms in total. The third kappa shape index (κ3) is 2.46. The molecule has 1 saturated carbocycles. The summed E-state index contributed by atoms with van der Waals surface area (Å²) in [6.45, 7) is 8.12. The number of nitrogens with zero attached hydrogens (tertiary/aromatic N) is 2. The number of rotatable bonds is 4. The van der Waals surface area contributed by atoms with E-state index in [2.05, 4.69) is 29.0 Å². The second kappa shape index (κ2) is 4.91. The Balaban J connectivity index is 1.71. The van der Waals surface area contributed by atoms with Crippen LogP contribution < -0.4 is 5.32 Å². The lowest BCUT2D eigenvalue weighted by Gasteiger charge is -2.46. The van der Waals surface area contributed by atoms with Crippen molar-refractivity contribution in [2.75, 3.05) is 13.1 Å². The Kier molecular flexibility index (Phi) is 3.43. The Bertz CT molecular complexity index is 388. The van der Waals surface area contributed by atoms with E-state index in [1.165, 1.54) is 30.7 Å². The van der Waals surface area contributed by atoms with Crippen LogP contribution in [0.25, 0.3) is 0 Å². The molecule has 1 aromatic heterocycles. The molecule has 0 bridgehead atoms. The van der Waals surface area contributed by atoms with Gasteiger partial charge >= 0.3 is 0 Å². The Morgan fingerprint density at radius 1 is 1.56 bits per heavy atom. The summed E-state index contributed by atoms with van der Waals surface area (Å²) in [5.74, 6) is 0.902. The van der Waals surface area contributed by atoms with E-state index in [1.54, 1.807) is 11.3 Å². The molecular weight excluding hydrogens is 242 g/mol. The maximum absolute atomic E-state index is 4.20. The average Bonchev–Trinajstić information content (AvgIpc) is 3.11. The van der Waals surface area contributed by atoms with E-state index < -0.39 is 0 Å². The maximum atomic E-state index is 4.20. The van der Waals surface area contributed by atoms with Gasteiger partial charge in [-0.1, -0.05) is 6.92 Å². The number of piperazine rings is 1. The standard InChI is InChI=1S/C14H23N3S/c1-3-12-6-16-14(2,11-4-5-11)9-17(12)8-13-7-15-10-18-13/h7,10-12,16H,3-6,8-9H2,1-2H3. The minimum absolute atomic E-state index is 0.344. The van der Waals surface area contributed by atoms with Crippen LogP contribution in [0.4, 0.5) is 0 Å². The molecule has 4 heteroatoms.